The number of ether oxygens (including phenoxy) is 2. The van der Waals surface area contributed by atoms with Gasteiger partial charge in [0.25, 0.3) is 0 Å². The van der Waals surface area contributed by atoms with Gasteiger partial charge in [-0.1, -0.05) is 18.2 Å². The maximum Gasteiger partial charge on any atom is 0.164 e. The van der Waals surface area contributed by atoms with Crippen LogP contribution in [0, 0.1) is 0 Å². The number of nitrogens with zero attached hydrogens (tertiary/aromatic N) is 5. The smallest absolute Gasteiger partial charge is 0.164 e. The number of hydrogen-bond donors (Lipinski definition) is 0. The number of para-hydroxylation sites is 1. The third kappa shape index (κ3) is 4.27. The van der Waals surface area contributed by atoms with Crippen molar-refractivity contribution in [3.8, 4) is 5.75 Å². The molecule has 1 atom stereocenters. The lowest BCUT2D eigenvalue weighted by Crippen LogP contribution is -2.54. The van der Waals surface area contributed by atoms with Crippen molar-refractivity contribution in [2.75, 3.05) is 19.7 Å². The lowest BCUT2D eigenvalue weighted by Gasteiger charge is -2.42. The third-order valence-corrected chi connectivity index (χ3v) is 3.80. The van der Waals surface area contributed by atoms with Gasteiger partial charge in [-0.3, -0.25) is 4.90 Å². The van der Waals surface area contributed by atoms with E-state index in [0.717, 1.165) is 24.7 Å². The van der Waals surface area contributed by atoms with Crippen LogP contribution in [-0.2, 0) is 18.3 Å². The second-order valence-electron chi connectivity index (χ2n) is 6.51. The Bertz CT molecular complexity index is 628. The van der Waals surface area contributed by atoms with E-state index in [1.807, 2.05) is 37.4 Å². The van der Waals surface area contributed by atoms with Gasteiger partial charge in [0, 0.05) is 20.1 Å². The highest BCUT2D eigenvalue weighted by Gasteiger charge is 2.34. The zero-order valence-electron chi connectivity index (χ0n) is 13.8. The van der Waals surface area contributed by atoms with Crippen molar-refractivity contribution in [2.45, 2.75) is 32.1 Å². The van der Waals surface area contributed by atoms with E-state index in [1.165, 1.54) is 0 Å². The van der Waals surface area contributed by atoms with E-state index < -0.39 is 0 Å². The van der Waals surface area contributed by atoms with Crippen molar-refractivity contribution in [1.29, 1.82) is 0 Å². The number of tetrazole rings is 1. The second kappa shape index (κ2) is 6.64. The highest BCUT2D eigenvalue weighted by molar-refractivity contribution is 5.20. The fourth-order valence-corrected chi connectivity index (χ4v) is 2.91. The number of aryl methyl sites for hydroxylation is 1. The molecular weight excluding hydrogens is 294 g/mol. The van der Waals surface area contributed by atoms with E-state index >= 15 is 0 Å². The molecular formula is C16H23N5O2. The summed E-state index contributed by atoms with van der Waals surface area (Å²) < 4.78 is 13.7. The molecule has 23 heavy (non-hydrogen) atoms. The number of morpholine rings is 1. The van der Waals surface area contributed by atoms with Crippen LogP contribution in [0.25, 0.3) is 0 Å². The standard InChI is InChI=1S/C16H23N5O2/c1-16(2)12-21(10-15-17-18-19-20(15)3)9-14(23-16)11-22-13-7-5-4-6-8-13/h4-8,14H,9-12H2,1-3H3. The van der Waals surface area contributed by atoms with Gasteiger partial charge in [-0.05, 0) is 36.4 Å². The first-order valence-electron chi connectivity index (χ1n) is 7.81. The number of hydrogen-bond acceptors (Lipinski definition) is 6. The van der Waals surface area contributed by atoms with Crippen LogP contribution in [-0.4, -0.2) is 56.5 Å². The summed E-state index contributed by atoms with van der Waals surface area (Å²) >= 11 is 0. The van der Waals surface area contributed by atoms with Gasteiger partial charge in [0.1, 0.15) is 18.5 Å². The summed E-state index contributed by atoms with van der Waals surface area (Å²) in [7, 11) is 1.86. The Hall–Kier alpha value is -1.99. The first kappa shape index (κ1) is 15.9. The van der Waals surface area contributed by atoms with Crippen molar-refractivity contribution in [2.24, 2.45) is 7.05 Å². The molecule has 1 fully saturated rings. The van der Waals surface area contributed by atoms with Crippen molar-refractivity contribution in [1.82, 2.24) is 25.1 Å². The van der Waals surface area contributed by atoms with Gasteiger partial charge in [0.2, 0.25) is 0 Å². The molecule has 2 aromatic rings. The van der Waals surface area contributed by atoms with Crippen molar-refractivity contribution in [3.05, 3.63) is 36.2 Å². The van der Waals surface area contributed by atoms with Gasteiger partial charge in [-0.25, -0.2) is 4.68 Å². The largest absolute Gasteiger partial charge is 0.491 e. The Kier molecular flexibility index (Phi) is 4.58. The van der Waals surface area contributed by atoms with E-state index in [1.54, 1.807) is 4.68 Å². The van der Waals surface area contributed by atoms with Crippen LogP contribution in [0.5, 0.6) is 5.75 Å². The molecule has 7 heteroatoms. The molecule has 1 unspecified atom stereocenters. The van der Waals surface area contributed by atoms with Gasteiger partial charge in [-0.2, -0.15) is 0 Å². The van der Waals surface area contributed by atoms with Gasteiger partial charge in [-0.15, -0.1) is 5.10 Å². The number of benzene rings is 1. The molecule has 0 saturated carbocycles. The van der Waals surface area contributed by atoms with Crippen LogP contribution < -0.4 is 4.74 Å². The van der Waals surface area contributed by atoms with Crippen LogP contribution in [0.15, 0.2) is 30.3 Å². The summed E-state index contributed by atoms with van der Waals surface area (Å²) in [5, 5.41) is 11.6. The SMILES string of the molecule is Cn1nnnc1CN1CC(COc2ccccc2)OC(C)(C)C1. The molecule has 0 spiro atoms. The molecule has 1 aromatic heterocycles. The maximum absolute atomic E-state index is 6.15. The maximum atomic E-state index is 6.15. The Morgan fingerprint density at radius 2 is 2.09 bits per heavy atom. The molecule has 124 valence electrons. The topological polar surface area (TPSA) is 65.3 Å². The Morgan fingerprint density at radius 3 is 2.78 bits per heavy atom. The van der Waals surface area contributed by atoms with Crippen molar-refractivity contribution >= 4 is 0 Å². The average Bonchev–Trinajstić information content (AvgIpc) is 2.90. The minimum absolute atomic E-state index is 0.0140. The van der Waals surface area contributed by atoms with Gasteiger partial charge < -0.3 is 9.47 Å². The van der Waals surface area contributed by atoms with Gasteiger partial charge in [0.05, 0.1) is 12.1 Å². The minimum Gasteiger partial charge on any atom is -0.491 e. The summed E-state index contributed by atoms with van der Waals surface area (Å²) in [6.07, 6.45) is 0.0140. The highest BCUT2D eigenvalue weighted by atomic mass is 16.5. The molecule has 3 rings (SSSR count). The second-order valence-corrected chi connectivity index (χ2v) is 6.51. The van der Waals surface area contributed by atoms with Gasteiger partial charge >= 0.3 is 0 Å². The molecule has 0 bridgehead atoms. The fourth-order valence-electron chi connectivity index (χ4n) is 2.91. The quantitative estimate of drug-likeness (QED) is 0.827. The number of aromatic nitrogens is 4. The predicted molar refractivity (Wildman–Crippen MR) is 85.0 cm³/mol. The van der Waals surface area contributed by atoms with E-state index in [-0.39, 0.29) is 11.7 Å². The molecule has 0 N–H and O–H groups in total. The first-order chi connectivity index (χ1) is 11.0. The molecule has 1 aliphatic rings. The highest BCUT2D eigenvalue weighted by Crippen LogP contribution is 2.23. The zero-order valence-corrected chi connectivity index (χ0v) is 13.8. The molecule has 0 amide bonds. The molecule has 1 aliphatic heterocycles. The fraction of sp³-hybridized carbons (Fsp3) is 0.562. The van der Waals surface area contributed by atoms with Crippen LogP contribution in [0.1, 0.15) is 19.7 Å². The van der Waals surface area contributed by atoms with Crippen LogP contribution in [0.2, 0.25) is 0 Å². The van der Waals surface area contributed by atoms with Crippen molar-refractivity contribution < 1.29 is 9.47 Å². The Labute approximate surface area is 136 Å². The van der Waals surface area contributed by atoms with Crippen LogP contribution >= 0.6 is 0 Å². The lowest BCUT2D eigenvalue weighted by molar-refractivity contribution is -0.148. The van der Waals surface area contributed by atoms with Gasteiger partial charge in [0.15, 0.2) is 5.82 Å². The predicted octanol–water partition coefficient (Wildman–Crippen LogP) is 1.27. The average molecular weight is 317 g/mol. The zero-order chi connectivity index (χ0) is 16.3. The Morgan fingerprint density at radius 1 is 1.30 bits per heavy atom. The normalized spacial score (nSPS) is 21.3. The number of rotatable bonds is 5. The summed E-state index contributed by atoms with van der Waals surface area (Å²) in [6, 6.07) is 9.82. The van der Waals surface area contributed by atoms with E-state index in [2.05, 4.69) is 34.3 Å². The molecule has 0 radical (unpaired) electrons. The van der Waals surface area contributed by atoms with Crippen LogP contribution in [0.4, 0.5) is 0 Å². The van der Waals surface area contributed by atoms with E-state index in [9.17, 15) is 0 Å². The molecule has 7 nitrogen and oxygen atoms in total. The molecule has 1 aromatic carbocycles. The van der Waals surface area contributed by atoms with E-state index in [0.29, 0.717) is 13.2 Å². The lowest BCUT2D eigenvalue weighted by atomic mass is 10.1. The van der Waals surface area contributed by atoms with E-state index in [4.69, 9.17) is 9.47 Å². The summed E-state index contributed by atoms with van der Waals surface area (Å²) in [4.78, 5) is 2.31. The summed E-state index contributed by atoms with van der Waals surface area (Å²) in [5.74, 6) is 1.72. The minimum atomic E-state index is -0.227. The van der Waals surface area contributed by atoms with Crippen LogP contribution in [0.3, 0.4) is 0 Å². The molecule has 1 saturated heterocycles. The van der Waals surface area contributed by atoms with Crippen molar-refractivity contribution in [3.63, 3.8) is 0 Å². The Balaban J connectivity index is 1.61. The molecule has 0 aliphatic carbocycles. The summed E-state index contributed by atoms with van der Waals surface area (Å²) in [6.45, 7) is 7.07. The third-order valence-electron chi connectivity index (χ3n) is 3.80. The molecule has 2 heterocycles. The monoisotopic (exact) mass is 317 g/mol. The summed E-state index contributed by atoms with van der Waals surface area (Å²) in [5.41, 5.74) is -0.227. The first-order valence-corrected chi connectivity index (χ1v) is 7.81.